The van der Waals surface area contributed by atoms with Crippen molar-refractivity contribution in [2.75, 3.05) is 6.61 Å². The zero-order valence-electron chi connectivity index (χ0n) is 14.0. The molecule has 0 saturated carbocycles. The molecule has 1 aromatic heterocycles. The van der Waals surface area contributed by atoms with Crippen molar-refractivity contribution in [3.8, 4) is 17.6 Å². The quantitative estimate of drug-likeness (QED) is 0.423. The summed E-state index contributed by atoms with van der Waals surface area (Å²) < 4.78 is 21.4. The van der Waals surface area contributed by atoms with Gasteiger partial charge in [-0.25, -0.2) is 4.79 Å². The normalized spacial score (nSPS) is 13.2. The number of hydrogen-bond donors (Lipinski definition) is 0. The standard InChI is InChI=1S/C18H15Cl2NO5/c1-3-23-16(22)18(2,20)26-13-7-5-12(6-8-13)24-17-21-14-9-4-11(19)10-15(14)25-17/h4-10H,3H2,1-2H3. The van der Waals surface area contributed by atoms with E-state index in [0.717, 1.165) is 0 Å². The molecule has 3 rings (SSSR count). The Labute approximate surface area is 159 Å². The maximum atomic E-state index is 11.8. The number of alkyl halides is 1. The summed E-state index contributed by atoms with van der Waals surface area (Å²) in [5.41, 5.74) is 1.16. The molecule has 0 bridgehead atoms. The van der Waals surface area contributed by atoms with Gasteiger partial charge in [-0.05, 0) is 43.3 Å². The monoisotopic (exact) mass is 395 g/mol. The van der Waals surface area contributed by atoms with Gasteiger partial charge < -0.3 is 18.6 Å². The van der Waals surface area contributed by atoms with Gasteiger partial charge in [0.25, 0.3) is 5.06 Å². The van der Waals surface area contributed by atoms with Gasteiger partial charge in [-0.3, -0.25) is 0 Å². The second-order valence-corrected chi connectivity index (χ2v) is 6.56. The second-order valence-electron chi connectivity index (χ2n) is 5.40. The first-order valence-electron chi connectivity index (χ1n) is 7.76. The molecule has 1 unspecified atom stereocenters. The Morgan fingerprint density at radius 1 is 1.19 bits per heavy atom. The van der Waals surface area contributed by atoms with E-state index in [1.165, 1.54) is 6.92 Å². The van der Waals surface area contributed by atoms with Crippen LogP contribution in [0.1, 0.15) is 13.8 Å². The van der Waals surface area contributed by atoms with Crippen LogP contribution in [-0.2, 0) is 9.53 Å². The average molecular weight is 396 g/mol. The summed E-state index contributed by atoms with van der Waals surface area (Å²) in [4.78, 5) is 16.0. The fraction of sp³-hybridized carbons (Fsp3) is 0.222. The zero-order valence-corrected chi connectivity index (χ0v) is 15.5. The largest absolute Gasteiger partial charge is 0.462 e. The highest BCUT2D eigenvalue weighted by Crippen LogP contribution is 2.29. The molecule has 0 aliphatic heterocycles. The summed E-state index contributed by atoms with van der Waals surface area (Å²) in [7, 11) is 0. The van der Waals surface area contributed by atoms with Crippen LogP contribution in [0.4, 0.5) is 0 Å². The molecule has 6 nitrogen and oxygen atoms in total. The van der Waals surface area contributed by atoms with Gasteiger partial charge in [-0.1, -0.05) is 23.2 Å². The summed E-state index contributed by atoms with van der Waals surface area (Å²) in [6, 6.07) is 11.6. The first kappa shape index (κ1) is 18.4. The number of oxazole rings is 1. The minimum Gasteiger partial charge on any atom is -0.462 e. The minimum absolute atomic E-state index is 0.0876. The molecule has 2 aromatic carbocycles. The number of ether oxygens (including phenoxy) is 3. The Morgan fingerprint density at radius 3 is 2.58 bits per heavy atom. The molecule has 0 amide bonds. The third-order valence-corrected chi connectivity index (χ3v) is 3.78. The lowest BCUT2D eigenvalue weighted by Crippen LogP contribution is -2.37. The number of hydrogen-bond acceptors (Lipinski definition) is 6. The number of fused-ring (bicyclic) bond motifs is 1. The molecule has 0 aliphatic carbocycles. The van der Waals surface area contributed by atoms with E-state index in [1.807, 2.05) is 0 Å². The number of carbonyl (C=O) groups excluding carboxylic acids is 1. The van der Waals surface area contributed by atoms with E-state index in [4.69, 9.17) is 41.8 Å². The summed E-state index contributed by atoms with van der Waals surface area (Å²) in [5.74, 6) is 0.196. The van der Waals surface area contributed by atoms with Gasteiger partial charge in [-0.2, -0.15) is 4.98 Å². The molecular formula is C18H15Cl2NO5. The Kier molecular flexibility index (Phi) is 5.25. The summed E-state index contributed by atoms with van der Waals surface area (Å²) in [5, 5.41) is -1.06. The maximum absolute atomic E-state index is 11.8. The van der Waals surface area contributed by atoms with E-state index in [-0.39, 0.29) is 12.7 Å². The van der Waals surface area contributed by atoms with Crippen LogP contribution >= 0.6 is 23.2 Å². The number of rotatable bonds is 6. The van der Waals surface area contributed by atoms with Crippen LogP contribution in [0.2, 0.25) is 5.02 Å². The molecule has 3 aromatic rings. The van der Waals surface area contributed by atoms with Gasteiger partial charge in [0.1, 0.15) is 17.0 Å². The molecule has 0 spiro atoms. The summed E-state index contributed by atoms with van der Waals surface area (Å²) in [6.07, 6.45) is 0.0876. The van der Waals surface area contributed by atoms with Gasteiger partial charge in [0.2, 0.25) is 0 Å². The number of carbonyl (C=O) groups is 1. The van der Waals surface area contributed by atoms with Gasteiger partial charge in [0.15, 0.2) is 5.58 Å². The molecule has 26 heavy (non-hydrogen) atoms. The first-order valence-corrected chi connectivity index (χ1v) is 8.52. The van der Waals surface area contributed by atoms with Gasteiger partial charge in [0, 0.05) is 18.0 Å². The van der Waals surface area contributed by atoms with E-state index >= 15 is 0 Å². The van der Waals surface area contributed by atoms with Gasteiger partial charge in [0.05, 0.1) is 6.61 Å². The van der Waals surface area contributed by atoms with Crippen LogP contribution in [0, 0.1) is 0 Å². The maximum Gasteiger partial charge on any atom is 0.400 e. The highest BCUT2D eigenvalue weighted by molar-refractivity contribution is 6.32. The van der Waals surface area contributed by atoms with Crippen molar-refractivity contribution in [2.24, 2.45) is 0 Å². The van der Waals surface area contributed by atoms with Gasteiger partial charge in [-0.15, -0.1) is 0 Å². The van der Waals surface area contributed by atoms with E-state index in [9.17, 15) is 4.79 Å². The Bertz CT molecular complexity index is 921. The summed E-state index contributed by atoms with van der Waals surface area (Å²) >= 11 is 12.0. The Balaban J connectivity index is 1.69. The van der Waals surface area contributed by atoms with E-state index in [0.29, 0.717) is 27.6 Å². The van der Waals surface area contributed by atoms with Crippen molar-refractivity contribution < 1.29 is 23.4 Å². The van der Waals surface area contributed by atoms with E-state index in [1.54, 1.807) is 49.4 Å². The highest BCUT2D eigenvalue weighted by atomic mass is 35.5. The topological polar surface area (TPSA) is 70.8 Å². The number of aromatic nitrogens is 1. The molecular weight excluding hydrogens is 381 g/mol. The van der Waals surface area contributed by atoms with Crippen LogP contribution < -0.4 is 9.47 Å². The molecule has 1 atom stereocenters. The highest BCUT2D eigenvalue weighted by Gasteiger charge is 2.34. The number of benzene rings is 2. The van der Waals surface area contributed by atoms with E-state index in [2.05, 4.69) is 4.98 Å². The van der Waals surface area contributed by atoms with Crippen LogP contribution in [-0.4, -0.2) is 22.6 Å². The molecule has 0 radical (unpaired) electrons. The van der Waals surface area contributed by atoms with Crippen molar-refractivity contribution in [1.82, 2.24) is 4.98 Å². The number of nitrogens with zero attached hydrogens (tertiary/aromatic N) is 1. The zero-order chi connectivity index (χ0) is 18.7. The van der Waals surface area contributed by atoms with Crippen molar-refractivity contribution in [2.45, 2.75) is 18.9 Å². The number of halogens is 2. The third kappa shape index (κ3) is 4.20. The predicted octanol–water partition coefficient (Wildman–Crippen LogP) is 5.17. The Hall–Kier alpha value is -2.44. The van der Waals surface area contributed by atoms with Crippen LogP contribution in [0.15, 0.2) is 46.9 Å². The SMILES string of the molecule is CCOC(=O)C(C)(Cl)Oc1ccc(Oc2nc3ccc(Cl)cc3o2)cc1. The lowest BCUT2D eigenvalue weighted by Gasteiger charge is -2.21. The van der Waals surface area contributed by atoms with Crippen LogP contribution in [0.3, 0.4) is 0 Å². The molecule has 0 N–H and O–H groups in total. The molecule has 8 heteroatoms. The van der Waals surface area contributed by atoms with Crippen LogP contribution in [0.25, 0.3) is 11.1 Å². The van der Waals surface area contributed by atoms with E-state index < -0.39 is 11.0 Å². The lowest BCUT2D eigenvalue weighted by atomic mass is 10.3. The Morgan fingerprint density at radius 2 is 1.88 bits per heavy atom. The van der Waals surface area contributed by atoms with Crippen molar-refractivity contribution in [3.63, 3.8) is 0 Å². The minimum atomic E-state index is -1.61. The number of esters is 1. The summed E-state index contributed by atoms with van der Waals surface area (Å²) in [6.45, 7) is 3.32. The molecule has 0 aliphatic rings. The third-order valence-electron chi connectivity index (χ3n) is 3.31. The second kappa shape index (κ2) is 7.43. The van der Waals surface area contributed by atoms with Crippen molar-refractivity contribution >= 4 is 40.3 Å². The van der Waals surface area contributed by atoms with Crippen molar-refractivity contribution in [3.05, 3.63) is 47.5 Å². The average Bonchev–Trinajstić information content (AvgIpc) is 2.98. The molecule has 0 saturated heterocycles. The molecule has 1 heterocycles. The van der Waals surface area contributed by atoms with Crippen LogP contribution in [0.5, 0.6) is 17.6 Å². The molecule has 0 fully saturated rings. The predicted molar refractivity (Wildman–Crippen MR) is 97.1 cm³/mol. The fourth-order valence-electron chi connectivity index (χ4n) is 2.12. The molecule has 136 valence electrons. The van der Waals surface area contributed by atoms with Crippen molar-refractivity contribution in [1.29, 1.82) is 0 Å². The first-order chi connectivity index (χ1) is 12.4. The van der Waals surface area contributed by atoms with Gasteiger partial charge >= 0.3 is 12.0 Å². The fourth-order valence-corrected chi connectivity index (χ4v) is 2.43. The lowest BCUT2D eigenvalue weighted by molar-refractivity contribution is -0.153. The smallest absolute Gasteiger partial charge is 0.400 e.